The summed E-state index contributed by atoms with van der Waals surface area (Å²) in [7, 11) is 0. The summed E-state index contributed by atoms with van der Waals surface area (Å²) in [5, 5.41) is 11.3. The molecule has 0 spiro atoms. The molecular formula is C23H27ClN4O3. The third-order valence-corrected chi connectivity index (χ3v) is 5.46. The Morgan fingerprint density at radius 2 is 1.90 bits per heavy atom. The van der Waals surface area contributed by atoms with Gasteiger partial charge in [-0.1, -0.05) is 17.7 Å². The number of nitrogens with one attached hydrogen (secondary N) is 1. The van der Waals surface area contributed by atoms with E-state index in [0.29, 0.717) is 16.3 Å². The third-order valence-electron chi connectivity index (χ3n) is 5.23. The molecule has 0 atom stereocenters. The second kappa shape index (κ2) is 8.85. The molecule has 7 nitrogen and oxygen atoms in total. The van der Waals surface area contributed by atoms with E-state index in [1.807, 2.05) is 32.9 Å². The highest BCUT2D eigenvalue weighted by Gasteiger charge is 2.24. The lowest BCUT2D eigenvalue weighted by molar-refractivity contribution is 0.0870. The van der Waals surface area contributed by atoms with E-state index in [0.717, 1.165) is 43.5 Å². The van der Waals surface area contributed by atoms with E-state index in [1.54, 1.807) is 18.2 Å². The molecule has 1 fully saturated rings. The van der Waals surface area contributed by atoms with E-state index in [-0.39, 0.29) is 17.6 Å². The molecule has 164 valence electrons. The Balaban J connectivity index is 1.37. The number of nitrogens with zero attached hydrogens (tertiary/aromatic N) is 3. The van der Waals surface area contributed by atoms with Crippen molar-refractivity contribution in [1.29, 1.82) is 0 Å². The van der Waals surface area contributed by atoms with Crippen molar-refractivity contribution in [3.05, 3.63) is 52.5 Å². The second-order valence-corrected chi connectivity index (χ2v) is 9.46. The predicted molar refractivity (Wildman–Crippen MR) is 119 cm³/mol. The van der Waals surface area contributed by atoms with Crippen molar-refractivity contribution in [2.24, 2.45) is 0 Å². The van der Waals surface area contributed by atoms with Crippen molar-refractivity contribution >= 4 is 28.5 Å². The minimum atomic E-state index is -0.340. The van der Waals surface area contributed by atoms with Gasteiger partial charge in [-0.2, -0.15) is 0 Å². The summed E-state index contributed by atoms with van der Waals surface area (Å²) in [6.07, 6.45) is 1.83. The van der Waals surface area contributed by atoms with Gasteiger partial charge in [0.2, 0.25) is 0 Å². The van der Waals surface area contributed by atoms with Crippen LogP contribution < -0.4 is 10.1 Å². The maximum atomic E-state index is 12.7. The van der Waals surface area contributed by atoms with Gasteiger partial charge in [-0.05, 0) is 79.8 Å². The fraction of sp³-hybridized carbons (Fsp3) is 0.435. The molecule has 0 aliphatic carbocycles. The van der Waals surface area contributed by atoms with E-state index in [2.05, 4.69) is 26.6 Å². The molecule has 1 amide bonds. The molecule has 0 saturated carbocycles. The lowest BCUT2D eigenvalue weighted by Crippen LogP contribution is -2.41. The number of likely N-dealkylation sites (tertiary alicyclic amines) is 1. The average molecular weight is 443 g/mol. The number of benzene rings is 2. The van der Waals surface area contributed by atoms with Crippen molar-refractivity contribution < 1.29 is 14.2 Å². The van der Waals surface area contributed by atoms with Gasteiger partial charge in [0.1, 0.15) is 22.9 Å². The number of hydrogen-bond donors (Lipinski definition) is 1. The van der Waals surface area contributed by atoms with Gasteiger partial charge >= 0.3 is 0 Å². The van der Waals surface area contributed by atoms with E-state index in [9.17, 15) is 4.79 Å². The first-order valence-corrected chi connectivity index (χ1v) is 10.9. The number of carbonyl (C=O) groups excluding carboxylic acids is 1. The molecular weight excluding hydrogens is 416 g/mol. The van der Waals surface area contributed by atoms with Crippen LogP contribution >= 0.6 is 11.6 Å². The molecule has 1 N–H and O–H groups in total. The molecule has 3 aromatic rings. The SMILES string of the molecule is CC(C)(C)NC(=O)c1cc(Cl)ccc1OC1CCN(Cc2ccc3nonc3c2)CC1. The van der Waals surface area contributed by atoms with Gasteiger partial charge in [-0.25, -0.2) is 4.63 Å². The maximum absolute atomic E-state index is 12.7. The van der Waals surface area contributed by atoms with Crippen molar-refractivity contribution in [2.75, 3.05) is 13.1 Å². The van der Waals surface area contributed by atoms with Crippen LogP contribution in [-0.4, -0.2) is 45.9 Å². The number of rotatable bonds is 5. The highest BCUT2D eigenvalue weighted by atomic mass is 35.5. The van der Waals surface area contributed by atoms with Crippen LogP contribution in [0.3, 0.4) is 0 Å². The second-order valence-electron chi connectivity index (χ2n) is 9.03. The topological polar surface area (TPSA) is 80.5 Å². The monoisotopic (exact) mass is 442 g/mol. The van der Waals surface area contributed by atoms with Gasteiger partial charge in [0, 0.05) is 30.2 Å². The van der Waals surface area contributed by atoms with Crippen LogP contribution in [0.4, 0.5) is 0 Å². The molecule has 1 aromatic heterocycles. The summed E-state index contributed by atoms with van der Waals surface area (Å²) in [4.78, 5) is 15.1. The molecule has 31 heavy (non-hydrogen) atoms. The van der Waals surface area contributed by atoms with E-state index >= 15 is 0 Å². The maximum Gasteiger partial charge on any atom is 0.255 e. The number of fused-ring (bicyclic) bond motifs is 1. The first-order valence-electron chi connectivity index (χ1n) is 10.5. The minimum Gasteiger partial charge on any atom is -0.489 e. The Hall–Kier alpha value is -2.64. The van der Waals surface area contributed by atoms with E-state index in [4.69, 9.17) is 21.0 Å². The molecule has 0 radical (unpaired) electrons. The smallest absolute Gasteiger partial charge is 0.255 e. The number of carbonyl (C=O) groups is 1. The largest absolute Gasteiger partial charge is 0.489 e. The lowest BCUT2D eigenvalue weighted by atomic mass is 10.1. The Kier molecular flexibility index (Phi) is 6.16. The zero-order valence-corrected chi connectivity index (χ0v) is 18.8. The van der Waals surface area contributed by atoms with Gasteiger partial charge in [-0.3, -0.25) is 9.69 Å². The number of halogens is 1. The first-order chi connectivity index (χ1) is 14.8. The predicted octanol–water partition coefficient (Wildman–Crippen LogP) is 4.45. The molecule has 0 bridgehead atoms. The third kappa shape index (κ3) is 5.54. The van der Waals surface area contributed by atoms with E-state index in [1.165, 1.54) is 5.56 Å². The van der Waals surface area contributed by atoms with E-state index < -0.39 is 0 Å². The fourth-order valence-corrected chi connectivity index (χ4v) is 3.91. The molecule has 0 unspecified atom stereocenters. The lowest BCUT2D eigenvalue weighted by Gasteiger charge is -2.32. The number of ether oxygens (including phenoxy) is 1. The summed E-state index contributed by atoms with van der Waals surface area (Å²) in [6, 6.07) is 11.2. The summed E-state index contributed by atoms with van der Waals surface area (Å²) < 4.78 is 11.0. The van der Waals surface area contributed by atoms with Crippen LogP contribution in [0.15, 0.2) is 41.0 Å². The normalized spacial score (nSPS) is 15.9. The number of amides is 1. The Labute approximate surface area is 186 Å². The molecule has 1 aliphatic rings. The first kappa shape index (κ1) is 21.6. The Morgan fingerprint density at radius 3 is 2.65 bits per heavy atom. The van der Waals surface area contributed by atoms with Crippen LogP contribution in [0.2, 0.25) is 5.02 Å². The molecule has 1 saturated heterocycles. The standard InChI is InChI=1S/C23H27ClN4O3/c1-23(2,3)25-22(29)18-13-16(24)5-7-21(18)30-17-8-10-28(11-9-17)14-15-4-6-19-20(12-15)27-31-26-19/h4-7,12-13,17H,8-11,14H2,1-3H3,(H,25,29). The van der Waals surface area contributed by atoms with Crippen molar-refractivity contribution in [1.82, 2.24) is 20.5 Å². The summed E-state index contributed by atoms with van der Waals surface area (Å²) in [6.45, 7) is 8.51. The number of hydrogen-bond acceptors (Lipinski definition) is 6. The highest BCUT2D eigenvalue weighted by molar-refractivity contribution is 6.31. The van der Waals surface area contributed by atoms with Crippen LogP contribution in [0, 0.1) is 0 Å². The Morgan fingerprint density at radius 1 is 1.16 bits per heavy atom. The van der Waals surface area contributed by atoms with Gasteiger partial charge < -0.3 is 10.1 Å². The molecule has 2 aromatic carbocycles. The zero-order valence-electron chi connectivity index (χ0n) is 18.0. The van der Waals surface area contributed by atoms with Crippen LogP contribution in [0.25, 0.3) is 11.0 Å². The van der Waals surface area contributed by atoms with Crippen LogP contribution in [-0.2, 0) is 6.54 Å². The molecule has 4 rings (SSSR count). The van der Waals surface area contributed by atoms with Crippen molar-refractivity contribution in [3.63, 3.8) is 0 Å². The van der Waals surface area contributed by atoms with Gasteiger partial charge in [0.05, 0.1) is 5.56 Å². The van der Waals surface area contributed by atoms with Crippen molar-refractivity contribution in [2.45, 2.75) is 51.8 Å². The van der Waals surface area contributed by atoms with Crippen LogP contribution in [0.1, 0.15) is 49.5 Å². The quantitative estimate of drug-likeness (QED) is 0.628. The fourth-order valence-electron chi connectivity index (χ4n) is 3.74. The number of piperidine rings is 1. The number of aromatic nitrogens is 2. The minimum absolute atomic E-state index is 0.0563. The summed E-state index contributed by atoms with van der Waals surface area (Å²) in [5.74, 6) is 0.397. The zero-order chi connectivity index (χ0) is 22.0. The van der Waals surface area contributed by atoms with Crippen molar-refractivity contribution in [3.8, 4) is 5.75 Å². The molecule has 8 heteroatoms. The van der Waals surface area contributed by atoms with Gasteiger partial charge in [0.25, 0.3) is 5.91 Å². The average Bonchev–Trinajstić information content (AvgIpc) is 3.17. The molecule has 2 heterocycles. The highest BCUT2D eigenvalue weighted by Crippen LogP contribution is 2.27. The summed E-state index contributed by atoms with van der Waals surface area (Å²) in [5.41, 5.74) is 2.86. The van der Waals surface area contributed by atoms with Gasteiger partial charge in [0.15, 0.2) is 0 Å². The van der Waals surface area contributed by atoms with Gasteiger partial charge in [-0.15, -0.1) is 0 Å². The van der Waals surface area contributed by atoms with Crippen LogP contribution in [0.5, 0.6) is 5.75 Å². The molecule has 1 aliphatic heterocycles. The summed E-state index contributed by atoms with van der Waals surface area (Å²) >= 11 is 6.14. The Bertz CT molecular complexity index is 1070.